The van der Waals surface area contributed by atoms with Crippen molar-refractivity contribution in [1.29, 1.82) is 0 Å². The Morgan fingerprint density at radius 2 is 2.21 bits per heavy atom. The summed E-state index contributed by atoms with van der Waals surface area (Å²) in [7, 11) is 0. The standard InChI is InChI=1S/C16H24FNO/c1-12(2)18-10-16(6-7-19-11-16)9-14-4-5-15(17)8-13(14)3/h4-5,8,12,18H,6-7,9-11H2,1-3H3. The maximum atomic E-state index is 13.2. The van der Waals surface area contributed by atoms with Crippen LogP contribution in [-0.2, 0) is 11.2 Å². The van der Waals surface area contributed by atoms with Crippen LogP contribution in [0.4, 0.5) is 4.39 Å². The summed E-state index contributed by atoms with van der Waals surface area (Å²) in [6, 6.07) is 5.57. The number of hydrogen-bond acceptors (Lipinski definition) is 2. The van der Waals surface area contributed by atoms with Gasteiger partial charge in [0, 0.05) is 24.6 Å². The Balaban J connectivity index is 2.11. The van der Waals surface area contributed by atoms with Gasteiger partial charge in [-0.1, -0.05) is 19.9 Å². The van der Waals surface area contributed by atoms with Crippen LogP contribution in [0.3, 0.4) is 0 Å². The molecule has 1 aromatic carbocycles. The zero-order valence-electron chi connectivity index (χ0n) is 12.1. The fourth-order valence-electron chi connectivity index (χ4n) is 2.67. The first-order valence-electron chi connectivity index (χ1n) is 7.07. The first-order valence-corrected chi connectivity index (χ1v) is 7.07. The zero-order chi connectivity index (χ0) is 13.9. The number of rotatable bonds is 5. The van der Waals surface area contributed by atoms with Crippen molar-refractivity contribution in [3.05, 3.63) is 35.1 Å². The number of halogens is 1. The number of hydrogen-bond donors (Lipinski definition) is 1. The summed E-state index contributed by atoms with van der Waals surface area (Å²) < 4.78 is 18.8. The average Bonchev–Trinajstić information content (AvgIpc) is 2.80. The quantitative estimate of drug-likeness (QED) is 0.883. The molecule has 1 saturated heterocycles. The van der Waals surface area contributed by atoms with Crippen molar-refractivity contribution in [2.75, 3.05) is 19.8 Å². The average molecular weight is 265 g/mol. The van der Waals surface area contributed by atoms with Crippen molar-refractivity contribution in [2.24, 2.45) is 5.41 Å². The normalized spacial score (nSPS) is 23.2. The van der Waals surface area contributed by atoms with Crippen LogP contribution < -0.4 is 5.32 Å². The van der Waals surface area contributed by atoms with Gasteiger partial charge >= 0.3 is 0 Å². The van der Waals surface area contributed by atoms with E-state index in [0.717, 1.165) is 38.2 Å². The molecule has 2 nitrogen and oxygen atoms in total. The second kappa shape index (κ2) is 6.02. The van der Waals surface area contributed by atoms with Crippen LogP contribution in [0.15, 0.2) is 18.2 Å². The molecule has 1 N–H and O–H groups in total. The molecule has 1 unspecified atom stereocenters. The van der Waals surface area contributed by atoms with Gasteiger partial charge in [0.05, 0.1) is 6.61 Å². The van der Waals surface area contributed by atoms with Gasteiger partial charge in [-0.25, -0.2) is 4.39 Å². The van der Waals surface area contributed by atoms with Crippen molar-refractivity contribution in [2.45, 2.75) is 39.7 Å². The van der Waals surface area contributed by atoms with Crippen LogP contribution >= 0.6 is 0 Å². The van der Waals surface area contributed by atoms with Gasteiger partial charge in [0.1, 0.15) is 5.82 Å². The summed E-state index contributed by atoms with van der Waals surface area (Å²) in [5, 5.41) is 3.53. The largest absolute Gasteiger partial charge is 0.381 e. The molecular formula is C16H24FNO. The Kier molecular flexibility index (Phi) is 4.58. The van der Waals surface area contributed by atoms with Crippen molar-refractivity contribution in [3.63, 3.8) is 0 Å². The second-order valence-electron chi connectivity index (χ2n) is 6.09. The minimum atomic E-state index is -0.154. The Morgan fingerprint density at radius 3 is 2.79 bits per heavy atom. The molecule has 1 fully saturated rings. The number of nitrogens with one attached hydrogen (secondary N) is 1. The highest BCUT2D eigenvalue weighted by molar-refractivity contribution is 5.28. The molecule has 1 atom stereocenters. The van der Waals surface area contributed by atoms with Crippen LogP contribution in [0.2, 0.25) is 0 Å². The summed E-state index contributed by atoms with van der Waals surface area (Å²) in [6.45, 7) is 8.89. The van der Waals surface area contributed by atoms with Crippen molar-refractivity contribution >= 4 is 0 Å². The van der Waals surface area contributed by atoms with Crippen molar-refractivity contribution in [1.82, 2.24) is 5.32 Å². The van der Waals surface area contributed by atoms with Crippen molar-refractivity contribution in [3.8, 4) is 0 Å². The Bertz CT molecular complexity index is 425. The first kappa shape index (κ1) is 14.5. The molecule has 0 amide bonds. The molecule has 0 spiro atoms. The van der Waals surface area contributed by atoms with E-state index in [1.54, 1.807) is 12.1 Å². The number of benzene rings is 1. The van der Waals surface area contributed by atoms with E-state index >= 15 is 0 Å². The van der Waals surface area contributed by atoms with Crippen molar-refractivity contribution < 1.29 is 9.13 Å². The smallest absolute Gasteiger partial charge is 0.123 e. The van der Waals surface area contributed by atoms with E-state index < -0.39 is 0 Å². The molecule has 0 aliphatic carbocycles. The fraction of sp³-hybridized carbons (Fsp3) is 0.625. The van der Waals surface area contributed by atoms with E-state index in [-0.39, 0.29) is 11.2 Å². The lowest BCUT2D eigenvalue weighted by Crippen LogP contribution is -2.39. The summed E-state index contributed by atoms with van der Waals surface area (Å²) in [5.74, 6) is -0.154. The van der Waals surface area contributed by atoms with Gasteiger partial charge in [-0.3, -0.25) is 0 Å². The third-order valence-corrected chi connectivity index (χ3v) is 3.94. The lowest BCUT2D eigenvalue weighted by atomic mass is 9.79. The van der Waals surface area contributed by atoms with E-state index in [2.05, 4.69) is 19.2 Å². The van der Waals surface area contributed by atoms with E-state index in [1.807, 2.05) is 13.0 Å². The molecule has 0 bridgehead atoms. The fourth-order valence-corrected chi connectivity index (χ4v) is 2.67. The maximum absolute atomic E-state index is 13.2. The minimum Gasteiger partial charge on any atom is -0.381 e. The molecule has 1 aliphatic heterocycles. The lowest BCUT2D eigenvalue weighted by Gasteiger charge is -2.29. The highest BCUT2D eigenvalue weighted by Gasteiger charge is 2.35. The number of aryl methyl sites for hydroxylation is 1. The van der Waals surface area contributed by atoms with Gasteiger partial charge in [-0.2, -0.15) is 0 Å². The predicted octanol–water partition coefficient (Wildman–Crippen LogP) is 3.08. The molecule has 0 aromatic heterocycles. The molecule has 1 heterocycles. The molecule has 19 heavy (non-hydrogen) atoms. The Morgan fingerprint density at radius 1 is 1.42 bits per heavy atom. The molecule has 1 aromatic rings. The molecular weight excluding hydrogens is 241 g/mol. The molecule has 0 radical (unpaired) electrons. The SMILES string of the molecule is Cc1cc(F)ccc1CC1(CNC(C)C)CCOC1. The highest BCUT2D eigenvalue weighted by atomic mass is 19.1. The minimum absolute atomic E-state index is 0.154. The Labute approximate surface area is 115 Å². The van der Waals surface area contributed by atoms with Gasteiger partial charge < -0.3 is 10.1 Å². The van der Waals surface area contributed by atoms with Gasteiger partial charge in [-0.05, 0) is 43.0 Å². The van der Waals surface area contributed by atoms with Gasteiger partial charge in [0.2, 0.25) is 0 Å². The van der Waals surface area contributed by atoms with Gasteiger partial charge in [0.15, 0.2) is 0 Å². The topological polar surface area (TPSA) is 21.3 Å². The third kappa shape index (κ3) is 3.77. The molecule has 106 valence electrons. The maximum Gasteiger partial charge on any atom is 0.123 e. The second-order valence-corrected chi connectivity index (χ2v) is 6.09. The van der Waals surface area contributed by atoms with Gasteiger partial charge in [0.25, 0.3) is 0 Å². The highest BCUT2D eigenvalue weighted by Crippen LogP contribution is 2.33. The summed E-state index contributed by atoms with van der Waals surface area (Å²) in [5.41, 5.74) is 2.43. The van der Waals surface area contributed by atoms with E-state index in [9.17, 15) is 4.39 Å². The monoisotopic (exact) mass is 265 g/mol. The van der Waals surface area contributed by atoms with Crippen LogP contribution in [0, 0.1) is 18.2 Å². The van der Waals surface area contributed by atoms with Crippen LogP contribution in [0.1, 0.15) is 31.4 Å². The molecule has 0 saturated carbocycles. The molecule has 3 heteroatoms. The van der Waals surface area contributed by atoms with Crippen LogP contribution in [0.25, 0.3) is 0 Å². The molecule has 2 rings (SSSR count). The summed E-state index contributed by atoms with van der Waals surface area (Å²) >= 11 is 0. The van der Waals surface area contributed by atoms with Crippen LogP contribution in [0.5, 0.6) is 0 Å². The zero-order valence-corrected chi connectivity index (χ0v) is 12.1. The van der Waals surface area contributed by atoms with E-state index in [0.29, 0.717) is 6.04 Å². The summed E-state index contributed by atoms with van der Waals surface area (Å²) in [6.07, 6.45) is 2.03. The first-order chi connectivity index (χ1) is 9.01. The third-order valence-electron chi connectivity index (χ3n) is 3.94. The predicted molar refractivity (Wildman–Crippen MR) is 75.8 cm³/mol. The number of ether oxygens (including phenoxy) is 1. The lowest BCUT2D eigenvalue weighted by molar-refractivity contribution is 0.148. The summed E-state index contributed by atoms with van der Waals surface area (Å²) in [4.78, 5) is 0. The Hall–Kier alpha value is -0.930. The molecule has 1 aliphatic rings. The van der Waals surface area contributed by atoms with E-state index in [4.69, 9.17) is 4.74 Å². The van der Waals surface area contributed by atoms with Gasteiger partial charge in [-0.15, -0.1) is 0 Å². The van der Waals surface area contributed by atoms with E-state index in [1.165, 1.54) is 5.56 Å². The van der Waals surface area contributed by atoms with Crippen LogP contribution in [-0.4, -0.2) is 25.8 Å².